The number of halogens is 1. The van der Waals surface area contributed by atoms with Crippen LogP contribution in [0.5, 0.6) is 0 Å². The molecule has 192 valence electrons. The minimum Gasteiger partial charge on any atom is -0.358 e. The van der Waals surface area contributed by atoms with Crippen molar-refractivity contribution in [1.29, 1.82) is 0 Å². The molecule has 1 fully saturated rings. The van der Waals surface area contributed by atoms with Crippen molar-refractivity contribution in [3.05, 3.63) is 91.4 Å². The Kier molecular flexibility index (Phi) is 5.65. The highest BCUT2D eigenvalue weighted by Crippen LogP contribution is 2.34. The van der Waals surface area contributed by atoms with E-state index in [0.717, 1.165) is 50.1 Å². The van der Waals surface area contributed by atoms with Crippen molar-refractivity contribution in [1.82, 2.24) is 30.1 Å². The molecule has 0 atom stereocenters. The van der Waals surface area contributed by atoms with Crippen molar-refractivity contribution in [2.45, 2.75) is 25.7 Å². The van der Waals surface area contributed by atoms with Crippen LogP contribution in [0.3, 0.4) is 0 Å². The molecule has 4 aromatic heterocycles. The highest BCUT2D eigenvalue weighted by molar-refractivity contribution is 5.98. The van der Waals surface area contributed by atoms with Crippen LogP contribution in [-0.2, 0) is 0 Å². The second kappa shape index (κ2) is 9.47. The molecule has 39 heavy (non-hydrogen) atoms. The number of anilines is 1. The smallest absolute Gasteiger partial charge is 0.159 e. The lowest BCUT2D eigenvalue weighted by atomic mass is 10.0. The van der Waals surface area contributed by atoms with E-state index in [9.17, 15) is 4.39 Å². The number of aromatic nitrogens is 6. The van der Waals surface area contributed by atoms with E-state index < -0.39 is 0 Å². The molecule has 4 heterocycles. The maximum Gasteiger partial charge on any atom is 0.159 e. The summed E-state index contributed by atoms with van der Waals surface area (Å²) in [5.74, 6) is 0.835. The molecule has 0 radical (unpaired) electrons. The molecule has 3 N–H and O–H groups in total. The third kappa shape index (κ3) is 4.33. The van der Waals surface area contributed by atoms with Crippen molar-refractivity contribution in [2.24, 2.45) is 5.92 Å². The molecule has 0 unspecified atom stereocenters. The second-order valence-electron chi connectivity index (χ2n) is 10.1. The average Bonchev–Trinajstić information content (AvgIpc) is 3.72. The van der Waals surface area contributed by atoms with Gasteiger partial charge in [0.2, 0.25) is 0 Å². The third-order valence-electron chi connectivity index (χ3n) is 7.54. The van der Waals surface area contributed by atoms with Crippen LogP contribution < -0.4 is 5.32 Å². The summed E-state index contributed by atoms with van der Waals surface area (Å²) in [6.07, 6.45) is 12.1. The molecule has 6 aromatic rings. The van der Waals surface area contributed by atoms with Crippen LogP contribution in [0.1, 0.15) is 25.7 Å². The quantitative estimate of drug-likeness (QED) is 0.214. The molecule has 1 aliphatic carbocycles. The lowest BCUT2D eigenvalue weighted by Gasteiger charge is -2.16. The number of rotatable bonds is 6. The summed E-state index contributed by atoms with van der Waals surface area (Å²) in [4.78, 5) is 17.0. The molecule has 7 nitrogen and oxygen atoms in total. The fourth-order valence-corrected chi connectivity index (χ4v) is 5.51. The minimum atomic E-state index is -0.303. The van der Waals surface area contributed by atoms with Gasteiger partial charge in [-0.3, -0.25) is 15.1 Å². The van der Waals surface area contributed by atoms with E-state index in [1.807, 2.05) is 24.5 Å². The van der Waals surface area contributed by atoms with Gasteiger partial charge in [0, 0.05) is 34.6 Å². The zero-order valence-corrected chi connectivity index (χ0v) is 21.2. The standard InChI is InChI=1S/C31H26FN7/c1-18(19-5-2-3-6-19)35-24-12-22(14-33-15-24)20-9-10-27-25(13-20)30(39-38-27)31-36-28-17-34-16-26(29(28)37-31)21-7-4-8-23(32)11-21/h4,7-17,19,35H,1-3,5-6H2,(H,36,37)(H,38,39). The zero-order valence-electron chi connectivity index (χ0n) is 21.2. The van der Waals surface area contributed by atoms with Crippen LogP contribution in [0.25, 0.3) is 55.7 Å². The third-order valence-corrected chi connectivity index (χ3v) is 7.54. The Hall–Kier alpha value is -4.85. The molecule has 1 aliphatic rings. The summed E-state index contributed by atoms with van der Waals surface area (Å²) in [5, 5.41) is 12.1. The number of pyridine rings is 2. The Morgan fingerprint density at radius 2 is 1.77 bits per heavy atom. The number of nitrogens with one attached hydrogen (secondary N) is 3. The van der Waals surface area contributed by atoms with Gasteiger partial charge in [-0.05, 0) is 60.2 Å². The maximum absolute atomic E-state index is 13.9. The van der Waals surface area contributed by atoms with Crippen molar-refractivity contribution < 1.29 is 4.39 Å². The monoisotopic (exact) mass is 515 g/mol. The van der Waals surface area contributed by atoms with Crippen LogP contribution in [0.4, 0.5) is 10.1 Å². The van der Waals surface area contributed by atoms with Crippen molar-refractivity contribution in [3.63, 3.8) is 0 Å². The summed E-state index contributed by atoms with van der Waals surface area (Å²) >= 11 is 0. The normalized spacial score (nSPS) is 13.9. The van der Waals surface area contributed by atoms with Gasteiger partial charge in [-0.2, -0.15) is 5.10 Å². The number of aromatic amines is 2. The van der Waals surface area contributed by atoms with Gasteiger partial charge >= 0.3 is 0 Å². The minimum absolute atomic E-state index is 0.303. The predicted octanol–water partition coefficient (Wildman–Crippen LogP) is 7.49. The van der Waals surface area contributed by atoms with Gasteiger partial charge < -0.3 is 10.3 Å². The Morgan fingerprint density at radius 3 is 2.64 bits per heavy atom. The number of fused-ring (bicyclic) bond motifs is 2. The van der Waals surface area contributed by atoms with Crippen LogP contribution in [-0.4, -0.2) is 30.1 Å². The van der Waals surface area contributed by atoms with Gasteiger partial charge in [0.05, 0.1) is 34.6 Å². The topological polar surface area (TPSA) is 95.2 Å². The lowest BCUT2D eigenvalue weighted by Crippen LogP contribution is -2.07. The SMILES string of the molecule is C=C(Nc1cncc(-c2ccc3[nH]nc(-c4nc5c(-c6cccc(F)c6)cncc5[nH]4)c3c2)c1)C1CCCC1. The molecule has 0 aliphatic heterocycles. The molecule has 8 heteroatoms. The van der Waals surface area contributed by atoms with Crippen LogP contribution in [0.2, 0.25) is 0 Å². The van der Waals surface area contributed by atoms with E-state index >= 15 is 0 Å². The van der Waals surface area contributed by atoms with E-state index in [4.69, 9.17) is 4.98 Å². The number of nitrogens with zero attached hydrogens (tertiary/aromatic N) is 4. The number of benzene rings is 2. The van der Waals surface area contributed by atoms with E-state index in [2.05, 4.69) is 55.2 Å². The first kappa shape index (κ1) is 23.3. The van der Waals surface area contributed by atoms with Crippen molar-refractivity contribution in [3.8, 4) is 33.8 Å². The maximum atomic E-state index is 13.9. The molecule has 0 amide bonds. The van der Waals surface area contributed by atoms with Gasteiger partial charge in [-0.25, -0.2) is 9.37 Å². The Bertz CT molecular complexity index is 1850. The van der Waals surface area contributed by atoms with E-state index in [1.165, 1.54) is 37.8 Å². The largest absolute Gasteiger partial charge is 0.358 e. The summed E-state index contributed by atoms with van der Waals surface area (Å²) in [6, 6.07) is 14.7. The Balaban J connectivity index is 1.25. The predicted molar refractivity (Wildman–Crippen MR) is 152 cm³/mol. The second-order valence-corrected chi connectivity index (χ2v) is 10.1. The molecule has 7 rings (SSSR count). The van der Waals surface area contributed by atoms with Crippen LogP contribution >= 0.6 is 0 Å². The molecule has 0 bridgehead atoms. The summed E-state index contributed by atoms with van der Waals surface area (Å²) in [7, 11) is 0. The van der Waals surface area contributed by atoms with Gasteiger partial charge in [0.1, 0.15) is 11.5 Å². The van der Waals surface area contributed by atoms with E-state index in [-0.39, 0.29) is 5.82 Å². The number of H-pyrrole nitrogens is 2. The molecule has 2 aromatic carbocycles. The van der Waals surface area contributed by atoms with Crippen LogP contribution in [0, 0.1) is 11.7 Å². The number of hydrogen-bond acceptors (Lipinski definition) is 5. The molecule has 1 saturated carbocycles. The summed E-state index contributed by atoms with van der Waals surface area (Å²) in [5.41, 5.74) is 8.55. The first-order valence-electron chi connectivity index (χ1n) is 13.1. The molecule has 0 spiro atoms. The Morgan fingerprint density at radius 1 is 0.897 bits per heavy atom. The van der Waals surface area contributed by atoms with Gasteiger partial charge in [0.15, 0.2) is 5.82 Å². The summed E-state index contributed by atoms with van der Waals surface area (Å²) < 4.78 is 13.9. The summed E-state index contributed by atoms with van der Waals surface area (Å²) in [6.45, 7) is 4.28. The number of allylic oxidation sites excluding steroid dienone is 1. The first-order chi connectivity index (χ1) is 19.1. The van der Waals surface area contributed by atoms with E-state index in [1.54, 1.807) is 18.5 Å². The molecular formula is C31H26FN7. The Labute approximate surface area is 224 Å². The zero-order chi connectivity index (χ0) is 26.3. The number of imidazole rings is 1. The highest BCUT2D eigenvalue weighted by Gasteiger charge is 2.19. The average molecular weight is 516 g/mol. The fourth-order valence-electron chi connectivity index (χ4n) is 5.51. The van der Waals surface area contributed by atoms with Crippen molar-refractivity contribution >= 4 is 27.6 Å². The van der Waals surface area contributed by atoms with Crippen LogP contribution in [0.15, 0.2) is 85.6 Å². The van der Waals surface area contributed by atoms with Gasteiger partial charge in [-0.1, -0.05) is 37.6 Å². The molecule has 0 saturated heterocycles. The van der Waals surface area contributed by atoms with E-state index in [0.29, 0.717) is 23.0 Å². The number of hydrogen-bond donors (Lipinski definition) is 3. The fraction of sp³-hybridized carbons (Fsp3) is 0.161. The first-order valence-corrected chi connectivity index (χ1v) is 13.1. The van der Waals surface area contributed by atoms with Gasteiger partial charge in [-0.15, -0.1) is 0 Å². The highest BCUT2D eigenvalue weighted by atomic mass is 19.1. The van der Waals surface area contributed by atoms with Crippen molar-refractivity contribution in [2.75, 3.05) is 5.32 Å². The molecular weight excluding hydrogens is 489 g/mol. The van der Waals surface area contributed by atoms with Gasteiger partial charge in [0.25, 0.3) is 0 Å². The lowest BCUT2D eigenvalue weighted by molar-refractivity contribution is 0.628.